The molecule has 0 N–H and O–H groups in total. The third-order valence-corrected chi connectivity index (χ3v) is 5.13. The molecule has 0 amide bonds. The Hall–Kier alpha value is -2.97. The summed E-state index contributed by atoms with van der Waals surface area (Å²) in [6.07, 6.45) is 3.38. The average molecular weight is 456 g/mol. The molecular weight excluding hydrogens is 444 g/mol. The second-order valence-corrected chi connectivity index (χ2v) is 7.32. The predicted molar refractivity (Wildman–Crippen MR) is 109 cm³/mol. The summed E-state index contributed by atoms with van der Waals surface area (Å²) in [5.41, 5.74) is 2.29. The van der Waals surface area contributed by atoms with E-state index in [0.717, 1.165) is 15.5 Å². The van der Waals surface area contributed by atoms with Crippen LogP contribution in [0.15, 0.2) is 65.5 Å². The van der Waals surface area contributed by atoms with Crippen molar-refractivity contribution in [2.45, 2.75) is 6.61 Å². The molecule has 0 saturated heterocycles. The van der Waals surface area contributed by atoms with Gasteiger partial charge in [0.25, 0.3) is 0 Å². The molecule has 0 atom stereocenters. The van der Waals surface area contributed by atoms with Crippen LogP contribution in [0.25, 0.3) is 22.4 Å². The highest BCUT2D eigenvalue weighted by atomic mass is 79.9. The lowest BCUT2D eigenvalue weighted by Crippen LogP contribution is -2.00. The lowest BCUT2D eigenvalue weighted by atomic mass is 10.3. The van der Waals surface area contributed by atoms with E-state index in [2.05, 4.69) is 36.1 Å². The molecule has 7 nitrogen and oxygen atoms in total. The lowest BCUT2D eigenvalue weighted by molar-refractivity contribution is 0.296. The Morgan fingerprint density at radius 2 is 1.86 bits per heavy atom. The summed E-state index contributed by atoms with van der Waals surface area (Å²) in [6.45, 7) is 0.239. The first-order chi connectivity index (χ1) is 13.7. The maximum atomic E-state index is 5.89. The molecule has 5 aromatic rings. The molecule has 0 saturated carbocycles. The van der Waals surface area contributed by atoms with Crippen molar-refractivity contribution in [1.82, 2.24) is 29.4 Å². The van der Waals surface area contributed by atoms with Gasteiger partial charge in [-0.3, -0.25) is 0 Å². The minimum absolute atomic E-state index is 0.239. The molecule has 0 aliphatic carbocycles. The SMILES string of the molecule is Clc1ccc(OCc2nc3c4cnn(-c5ccccc5Br)c4ncn3n2)cc1. The normalized spacial score (nSPS) is 11.4. The zero-order valence-corrected chi connectivity index (χ0v) is 16.7. The van der Waals surface area contributed by atoms with Crippen LogP contribution in [-0.4, -0.2) is 29.4 Å². The minimum Gasteiger partial charge on any atom is -0.486 e. The first-order valence-corrected chi connectivity index (χ1v) is 9.57. The lowest BCUT2D eigenvalue weighted by Gasteiger charge is -2.04. The standard InChI is InChI=1S/C19H12BrClN6O/c20-15-3-1-2-4-16(15)27-18-14(9-23-27)19-24-17(25-26(19)11-22-18)10-28-13-7-5-12(21)6-8-13/h1-9,11H,10H2. The van der Waals surface area contributed by atoms with Crippen LogP contribution < -0.4 is 4.74 Å². The summed E-state index contributed by atoms with van der Waals surface area (Å²) >= 11 is 9.45. The molecule has 0 aliphatic heterocycles. The Bertz CT molecular complexity index is 1300. The van der Waals surface area contributed by atoms with Crippen LogP contribution in [0.2, 0.25) is 5.02 Å². The summed E-state index contributed by atoms with van der Waals surface area (Å²) < 4.78 is 10.1. The number of halogens is 2. The molecule has 0 aliphatic rings. The van der Waals surface area contributed by atoms with E-state index in [4.69, 9.17) is 16.3 Å². The van der Waals surface area contributed by atoms with Gasteiger partial charge in [-0.25, -0.2) is 19.2 Å². The van der Waals surface area contributed by atoms with E-state index in [1.165, 1.54) is 0 Å². The van der Waals surface area contributed by atoms with Crippen molar-refractivity contribution in [1.29, 1.82) is 0 Å². The number of fused-ring (bicyclic) bond motifs is 3. The van der Waals surface area contributed by atoms with Gasteiger partial charge in [-0.15, -0.1) is 5.10 Å². The Morgan fingerprint density at radius 3 is 2.68 bits per heavy atom. The Kier molecular flexibility index (Phi) is 4.22. The first kappa shape index (κ1) is 17.2. The summed E-state index contributed by atoms with van der Waals surface area (Å²) in [7, 11) is 0. The summed E-state index contributed by atoms with van der Waals surface area (Å²) in [5, 5.41) is 10.4. The van der Waals surface area contributed by atoms with Crippen molar-refractivity contribution in [2.75, 3.05) is 0 Å². The maximum absolute atomic E-state index is 5.89. The molecule has 0 bridgehead atoms. The average Bonchev–Trinajstić information content (AvgIpc) is 3.31. The third-order valence-electron chi connectivity index (χ3n) is 4.21. The summed E-state index contributed by atoms with van der Waals surface area (Å²) in [6, 6.07) is 15.0. The van der Waals surface area contributed by atoms with Crippen LogP contribution in [0, 0.1) is 0 Å². The molecule has 0 fully saturated rings. The van der Waals surface area contributed by atoms with Gasteiger partial charge in [0.05, 0.1) is 17.3 Å². The van der Waals surface area contributed by atoms with Crippen LogP contribution >= 0.6 is 27.5 Å². The van der Waals surface area contributed by atoms with Crippen LogP contribution in [0.3, 0.4) is 0 Å². The van der Waals surface area contributed by atoms with Gasteiger partial charge in [0.15, 0.2) is 17.1 Å². The monoisotopic (exact) mass is 454 g/mol. The summed E-state index contributed by atoms with van der Waals surface area (Å²) in [5.74, 6) is 1.26. The number of benzene rings is 2. The fourth-order valence-corrected chi connectivity index (χ4v) is 3.48. The van der Waals surface area contributed by atoms with Crippen molar-refractivity contribution >= 4 is 44.2 Å². The topological polar surface area (TPSA) is 70.1 Å². The number of para-hydroxylation sites is 1. The van der Waals surface area contributed by atoms with Crippen LogP contribution in [0.1, 0.15) is 5.82 Å². The van der Waals surface area contributed by atoms with Gasteiger partial charge in [0, 0.05) is 9.50 Å². The van der Waals surface area contributed by atoms with Crippen molar-refractivity contribution in [2.24, 2.45) is 0 Å². The molecule has 0 unspecified atom stereocenters. The largest absolute Gasteiger partial charge is 0.486 e. The minimum atomic E-state index is 0.239. The van der Waals surface area contributed by atoms with Gasteiger partial charge in [0.1, 0.15) is 18.7 Å². The van der Waals surface area contributed by atoms with E-state index in [1.54, 1.807) is 46.0 Å². The molecule has 9 heteroatoms. The predicted octanol–water partition coefficient (Wildman–Crippen LogP) is 4.46. The van der Waals surface area contributed by atoms with Gasteiger partial charge in [-0.2, -0.15) is 5.10 Å². The second-order valence-electron chi connectivity index (χ2n) is 6.03. The Labute approximate surface area is 172 Å². The number of ether oxygens (including phenoxy) is 1. The number of rotatable bonds is 4. The quantitative estimate of drug-likeness (QED) is 0.400. The van der Waals surface area contributed by atoms with E-state index in [0.29, 0.717) is 27.9 Å². The van der Waals surface area contributed by atoms with Gasteiger partial charge in [-0.05, 0) is 52.3 Å². The second kappa shape index (κ2) is 6.88. The number of hydrogen-bond acceptors (Lipinski definition) is 5. The fraction of sp³-hybridized carbons (Fsp3) is 0.0526. The smallest absolute Gasteiger partial charge is 0.189 e. The molecular formula is C19H12BrClN6O. The molecule has 0 radical (unpaired) electrons. The highest BCUT2D eigenvalue weighted by Crippen LogP contribution is 2.25. The third kappa shape index (κ3) is 3.00. The van der Waals surface area contributed by atoms with Crippen molar-refractivity contribution in [3.05, 3.63) is 76.4 Å². The van der Waals surface area contributed by atoms with Crippen LogP contribution in [0.4, 0.5) is 0 Å². The van der Waals surface area contributed by atoms with Gasteiger partial charge in [-0.1, -0.05) is 23.7 Å². The molecule has 3 aromatic heterocycles. The molecule has 3 heterocycles. The van der Waals surface area contributed by atoms with E-state index in [9.17, 15) is 0 Å². The number of aromatic nitrogens is 6. The van der Waals surface area contributed by atoms with Gasteiger partial charge >= 0.3 is 0 Å². The van der Waals surface area contributed by atoms with E-state index >= 15 is 0 Å². The van der Waals surface area contributed by atoms with Crippen LogP contribution in [-0.2, 0) is 6.61 Å². The first-order valence-electron chi connectivity index (χ1n) is 8.40. The van der Waals surface area contributed by atoms with Crippen molar-refractivity contribution in [3.8, 4) is 11.4 Å². The zero-order valence-electron chi connectivity index (χ0n) is 14.3. The van der Waals surface area contributed by atoms with Gasteiger partial charge < -0.3 is 4.74 Å². The van der Waals surface area contributed by atoms with E-state index in [-0.39, 0.29) is 6.61 Å². The van der Waals surface area contributed by atoms with E-state index < -0.39 is 0 Å². The van der Waals surface area contributed by atoms with Crippen molar-refractivity contribution < 1.29 is 4.74 Å². The highest BCUT2D eigenvalue weighted by Gasteiger charge is 2.15. The zero-order chi connectivity index (χ0) is 19.1. The molecule has 138 valence electrons. The Morgan fingerprint density at radius 1 is 1.04 bits per heavy atom. The van der Waals surface area contributed by atoms with Crippen LogP contribution in [0.5, 0.6) is 5.75 Å². The maximum Gasteiger partial charge on any atom is 0.189 e. The highest BCUT2D eigenvalue weighted by molar-refractivity contribution is 9.10. The van der Waals surface area contributed by atoms with E-state index in [1.807, 2.05) is 24.3 Å². The number of nitrogens with zero attached hydrogens (tertiary/aromatic N) is 6. The van der Waals surface area contributed by atoms with Gasteiger partial charge in [0.2, 0.25) is 0 Å². The molecule has 28 heavy (non-hydrogen) atoms. The fourth-order valence-electron chi connectivity index (χ4n) is 2.90. The Balaban J connectivity index is 1.50. The molecule has 5 rings (SSSR count). The summed E-state index contributed by atoms with van der Waals surface area (Å²) in [4.78, 5) is 9.11. The van der Waals surface area contributed by atoms with Crippen molar-refractivity contribution in [3.63, 3.8) is 0 Å². The molecule has 0 spiro atoms. The molecule has 2 aromatic carbocycles. The number of hydrogen-bond donors (Lipinski definition) is 0.